The molecule has 1 aliphatic rings. The first-order valence-electron chi connectivity index (χ1n) is 8.66. The van der Waals surface area contributed by atoms with Gasteiger partial charge in [-0.2, -0.15) is 10.1 Å². The molecule has 1 unspecified atom stereocenters. The van der Waals surface area contributed by atoms with Crippen LogP contribution >= 0.6 is 11.3 Å². The van der Waals surface area contributed by atoms with Gasteiger partial charge in [0, 0.05) is 6.42 Å². The summed E-state index contributed by atoms with van der Waals surface area (Å²) in [6.45, 7) is 6.35. The maximum Gasteiger partial charge on any atom is 0.223 e. The summed E-state index contributed by atoms with van der Waals surface area (Å²) in [6, 6.07) is 15.1. The number of aromatic nitrogens is 1. The van der Waals surface area contributed by atoms with Gasteiger partial charge in [-0.05, 0) is 49.1 Å². The van der Waals surface area contributed by atoms with Crippen LogP contribution in [0.3, 0.4) is 0 Å². The van der Waals surface area contributed by atoms with Gasteiger partial charge in [0.1, 0.15) is 0 Å². The van der Waals surface area contributed by atoms with Crippen molar-refractivity contribution in [2.45, 2.75) is 33.2 Å². The zero-order valence-electron chi connectivity index (χ0n) is 15.1. The predicted octanol–water partition coefficient (Wildman–Crippen LogP) is 5.13. The summed E-state index contributed by atoms with van der Waals surface area (Å²) >= 11 is 1.41. The van der Waals surface area contributed by atoms with E-state index in [4.69, 9.17) is 5.10 Å². The van der Waals surface area contributed by atoms with E-state index in [0.717, 1.165) is 17.7 Å². The molecule has 0 saturated heterocycles. The van der Waals surface area contributed by atoms with Gasteiger partial charge >= 0.3 is 0 Å². The van der Waals surface area contributed by atoms with Crippen molar-refractivity contribution in [2.75, 3.05) is 5.01 Å². The SMILES string of the molecule is Cc1cccc(C2CC(c3ccc(C)c(C)c3)=NN2c2nc(O)cs2)c1. The minimum absolute atomic E-state index is 0.0443. The van der Waals surface area contributed by atoms with Gasteiger partial charge in [0.15, 0.2) is 0 Å². The number of aryl methyl sites for hydroxylation is 3. The lowest BCUT2D eigenvalue weighted by Crippen LogP contribution is -2.18. The van der Waals surface area contributed by atoms with E-state index in [9.17, 15) is 5.11 Å². The van der Waals surface area contributed by atoms with Gasteiger partial charge in [-0.25, -0.2) is 5.01 Å². The molecule has 132 valence electrons. The molecule has 0 radical (unpaired) electrons. The summed E-state index contributed by atoms with van der Waals surface area (Å²) in [7, 11) is 0. The van der Waals surface area contributed by atoms with Crippen LogP contribution in [0, 0.1) is 20.8 Å². The minimum Gasteiger partial charge on any atom is -0.493 e. The fourth-order valence-electron chi connectivity index (χ4n) is 3.28. The molecule has 2 aromatic carbocycles. The fourth-order valence-corrected chi connectivity index (χ4v) is 3.97. The number of thiazole rings is 1. The molecule has 4 nitrogen and oxygen atoms in total. The molecule has 0 fully saturated rings. The molecule has 0 amide bonds. The quantitative estimate of drug-likeness (QED) is 0.702. The largest absolute Gasteiger partial charge is 0.493 e. The second-order valence-corrected chi connectivity index (χ2v) is 7.65. The van der Waals surface area contributed by atoms with Crippen molar-refractivity contribution < 1.29 is 5.11 Å². The third-order valence-electron chi connectivity index (χ3n) is 4.85. The van der Waals surface area contributed by atoms with Crippen LogP contribution in [0.15, 0.2) is 52.9 Å². The van der Waals surface area contributed by atoms with Crippen LogP contribution in [-0.2, 0) is 0 Å². The second-order valence-electron chi connectivity index (χ2n) is 6.81. The van der Waals surface area contributed by atoms with Crippen molar-refractivity contribution in [1.29, 1.82) is 0 Å². The van der Waals surface area contributed by atoms with E-state index in [1.807, 2.05) is 5.01 Å². The number of rotatable bonds is 3. The lowest BCUT2D eigenvalue weighted by atomic mass is 9.96. The molecule has 0 aliphatic carbocycles. The first-order valence-corrected chi connectivity index (χ1v) is 9.54. The Morgan fingerprint density at radius 2 is 1.92 bits per heavy atom. The maximum atomic E-state index is 9.69. The molecule has 5 heteroatoms. The first-order chi connectivity index (χ1) is 12.5. The zero-order valence-corrected chi connectivity index (χ0v) is 15.9. The first kappa shape index (κ1) is 16.8. The van der Waals surface area contributed by atoms with Crippen molar-refractivity contribution in [1.82, 2.24) is 4.98 Å². The summed E-state index contributed by atoms with van der Waals surface area (Å²) in [4.78, 5) is 4.24. The maximum absolute atomic E-state index is 9.69. The molecule has 0 spiro atoms. The molecule has 3 aromatic rings. The van der Waals surface area contributed by atoms with Crippen LogP contribution in [0.2, 0.25) is 0 Å². The van der Waals surface area contributed by atoms with E-state index in [0.29, 0.717) is 5.13 Å². The molecule has 2 heterocycles. The van der Waals surface area contributed by atoms with Crippen LogP contribution in [-0.4, -0.2) is 15.8 Å². The summed E-state index contributed by atoms with van der Waals surface area (Å²) in [5.41, 5.74) is 7.18. The van der Waals surface area contributed by atoms with Gasteiger partial charge in [-0.15, -0.1) is 0 Å². The third kappa shape index (κ3) is 3.10. The van der Waals surface area contributed by atoms with Gasteiger partial charge in [0.25, 0.3) is 0 Å². The number of hydrogen-bond donors (Lipinski definition) is 1. The number of aromatic hydroxyl groups is 1. The molecule has 0 bridgehead atoms. The van der Waals surface area contributed by atoms with Gasteiger partial charge < -0.3 is 5.11 Å². The Morgan fingerprint density at radius 1 is 1.08 bits per heavy atom. The van der Waals surface area contributed by atoms with E-state index in [-0.39, 0.29) is 11.9 Å². The Bertz CT molecular complexity index is 992. The van der Waals surface area contributed by atoms with Crippen LogP contribution in [0.25, 0.3) is 0 Å². The topological polar surface area (TPSA) is 48.7 Å². The van der Waals surface area contributed by atoms with Crippen molar-refractivity contribution in [3.05, 3.63) is 75.7 Å². The Hall–Kier alpha value is -2.66. The van der Waals surface area contributed by atoms with Crippen LogP contribution < -0.4 is 5.01 Å². The molecular formula is C21H21N3OS. The molecular weight excluding hydrogens is 342 g/mol. The van der Waals surface area contributed by atoms with E-state index >= 15 is 0 Å². The Balaban J connectivity index is 1.76. The third-order valence-corrected chi connectivity index (χ3v) is 5.67. The summed E-state index contributed by atoms with van der Waals surface area (Å²) in [6.07, 6.45) is 0.812. The number of hydrazone groups is 1. The van der Waals surface area contributed by atoms with Crippen LogP contribution in [0.5, 0.6) is 5.88 Å². The highest BCUT2D eigenvalue weighted by molar-refractivity contribution is 7.13. The lowest BCUT2D eigenvalue weighted by molar-refractivity contribution is 0.457. The van der Waals surface area contributed by atoms with Crippen molar-refractivity contribution in [2.24, 2.45) is 5.10 Å². The number of hydrogen-bond acceptors (Lipinski definition) is 5. The van der Waals surface area contributed by atoms with Gasteiger partial charge in [-0.3, -0.25) is 0 Å². The van der Waals surface area contributed by atoms with Crippen molar-refractivity contribution in [3.63, 3.8) is 0 Å². The molecule has 1 atom stereocenters. The van der Waals surface area contributed by atoms with E-state index in [1.54, 1.807) is 5.38 Å². The zero-order chi connectivity index (χ0) is 18.3. The highest BCUT2D eigenvalue weighted by Crippen LogP contribution is 2.39. The van der Waals surface area contributed by atoms with E-state index in [1.165, 1.54) is 33.6 Å². The average molecular weight is 363 g/mol. The molecule has 1 N–H and O–H groups in total. The smallest absolute Gasteiger partial charge is 0.223 e. The van der Waals surface area contributed by atoms with E-state index in [2.05, 4.69) is 68.2 Å². The Kier molecular flexibility index (Phi) is 4.24. The van der Waals surface area contributed by atoms with Crippen LogP contribution in [0.1, 0.15) is 40.3 Å². The van der Waals surface area contributed by atoms with E-state index < -0.39 is 0 Å². The minimum atomic E-state index is 0.0443. The summed E-state index contributed by atoms with van der Waals surface area (Å²) in [5, 5.41) is 18.9. The number of anilines is 1. The monoisotopic (exact) mass is 363 g/mol. The Morgan fingerprint density at radius 3 is 2.62 bits per heavy atom. The van der Waals surface area contributed by atoms with Gasteiger partial charge in [0.2, 0.25) is 11.0 Å². The highest BCUT2D eigenvalue weighted by atomic mass is 32.1. The fraction of sp³-hybridized carbons (Fsp3) is 0.238. The summed E-state index contributed by atoms with van der Waals surface area (Å²) < 4.78 is 0. The second kappa shape index (κ2) is 6.57. The number of benzene rings is 2. The van der Waals surface area contributed by atoms with Gasteiger partial charge in [-0.1, -0.05) is 53.3 Å². The molecule has 1 aliphatic heterocycles. The number of nitrogens with zero attached hydrogens (tertiary/aromatic N) is 3. The Labute approximate surface area is 157 Å². The standard InChI is InChI=1S/C21H21N3OS/c1-13-5-4-6-17(9-13)19-11-18(16-8-7-14(2)15(3)10-16)23-24(19)21-22-20(25)12-26-21/h4-10,12,19,25H,11H2,1-3H3. The predicted molar refractivity (Wildman–Crippen MR) is 107 cm³/mol. The van der Waals surface area contributed by atoms with Crippen molar-refractivity contribution >= 4 is 22.2 Å². The normalized spacial score (nSPS) is 16.8. The van der Waals surface area contributed by atoms with Crippen molar-refractivity contribution in [3.8, 4) is 5.88 Å². The molecule has 0 saturated carbocycles. The molecule has 1 aromatic heterocycles. The average Bonchev–Trinajstić information content (AvgIpc) is 3.23. The molecule has 4 rings (SSSR count). The summed E-state index contributed by atoms with van der Waals surface area (Å²) in [5.74, 6) is 0.0443. The van der Waals surface area contributed by atoms with Crippen LogP contribution in [0.4, 0.5) is 5.13 Å². The lowest BCUT2D eigenvalue weighted by Gasteiger charge is -2.21. The van der Waals surface area contributed by atoms with Gasteiger partial charge in [0.05, 0.1) is 17.1 Å². The highest BCUT2D eigenvalue weighted by Gasteiger charge is 2.31. The molecule has 26 heavy (non-hydrogen) atoms.